The molecule has 1 atom stereocenters. The maximum Gasteiger partial charge on any atom is 0.0104 e. The summed E-state index contributed by atoms with van der Waals surface area (Å²) in [5.41, 5.74) is 0. The van der Waals surface area contributed by atoms with E-state index in [4.69, 9.17) is 0 Å². The van der Waals surface area contributed by atoms with Crippen LogP contribution in [-0.4, -0.2) is 12.6 Å². The highest BCUT2D eigenvalue weighted by Crippen LogP contribution is 2.10. The third-order valence-corrected chi connectivity index (χ3v) is 2.98. The van der Waals surface area contributed by atoms with Crippen molar-refractivity contribution in [1.29, 1.82) is 0 Å². The molecule has 0 aromatic carbocycles. The number of hydrogen-bond donors (Lipinski definition) is 1. The Morgan fingerprint density at radius 3 is 2.71 bits per heavy atom. The van der Waals surface area contributed by atoms with Crippen LogP contribution in [0.5, 0.6) is 0 Å². The summed E-state index contributed by atoms with van der Waals surface area (Å²) in [5, 5.41) is 3.65. The van der Waals surface area contributed by atoms with Crippen molar-refractivity contribution in [2.75, 3.05) is 6.54 Å². The van der Waals surface area contributed by atoms with Gasteiger partial charge in [-0.25, -0.2) is 0 Å². The molecule has 0 aromatic heterocycles. The Kier molecular flexibility index (Phi) is 6.77. The number of allylic oxidation sites excluding steroid dienone is 1. The van der Waals surface area contributed by atoms with E-state index in [1.807, 2.05) is 0 Å². The molecule has 1 rings (SSSR count). The van der Waals surface area contributed by atoms with Crippen LogP contribution in [-0.2, 0) is 0 Å². The van der Waals surface area contributed by atoms with Gasteiger partial charge in [-0.3, -0.25) is 0 Å². The molecule has 1 unspecified atom stereocenters. The van der Waals surface area contributed by atoms with Gasteiger partial charge in [-0.2, -0.15) is 0 Å². The first-order valence-electron chi connectivity index (χ1n) is 6.32. The molecule has 1 aliphatic carbocycles. The van der Waals surface area contributed by atoms with E-state index in [9.17, 15) is 0 Å². The molecule has 1 aliphatic rings. The van der Waals surface area contributed by atoms with E-state index in [2.05, 4.69) is 24.4 Å². The van der Waals surface area contributed by atoms with Crippen LogP contribution in [0.2, 0.25) is 0 Å². The Balaban J connectivity index is 1.86. The predicted molar refractivity (Wildman–Crippen MR) is 63.5 cm³/mol. The first kappa shape index (κ1) is 11.8. The Hall–Kier alpha value is -0.300. The topological polar surface area (TPSA) is 12.0 Å². The fourth-order valence-electron chi connectivity index (χ4n) is 2.01. The Morgan fingerprint density at radius 2 is 2.00 bits per heavy atom. The molecule has 1 N–H and O–H groups in total. The number of nitrogens with one attached hydrogen (secondary N) is 1. The van der Waals surface area contributed by atoms with E-state index in [1.54, 1.807) is 0 Å². The molecule has 0 saturated heterocycles. The zero-order chi connectivity index (χ0) is 10.1. The van der Waals surface area contributed by atoms with Crippen molar-refractivity contribution in [3.63, 3.8) is 0 Å². The maximum atomic E-state index is 3.65. The summed E-state index contributed by atoms with van der Waals surface area (Å²) in [6, 6.07) is 0.770. The molecule has 0 spiro atoms. The molecule has 0 saturated carbocycles. The fourth-order valence-corrected chi connectivity index (χ4v) is 2.01. The van der Waals surface area contributed by atoms with Crippen LogP contribution in [0, 0.1) is 0 Å². The lowest BCUT2D eigenvalue weighted by Crippen LogP contribution is -2.30. The molecule has 0 fully saturated rings. The summed E-state index contributed by atoms with van der Waals surface area (Å²) in [5.74, 6) is 0. The molecular formula is C13H25N. The van der Waals surface area contributed by atoms with E-state index >= 15 is 0 Å². The number of unbranched alkanes of at least 4 members (excludes halogenated alkanes) is 4. The van der Waals surface area contributed by atoms with Crippen molar-refractivity contribution in [2.24, 2.45) is 0 Å². The van der Waals surface area contributed by atoms with Crippen LogP contribution in [0.1, 0.15) is 58.3 Å². The zero-order valence-electron chi connectivity index (χ0n) is 9.60. The van der Waals surface area contributed by atoms with Crippen molar-refractivity contribution in [1.82, 2.24) is 5.32 Å². The van der Waals surface area contributed by atoms with Crippen LogP contribution in [0.25, 0.3) is 0 Å². The highest BCUT2D eigenvalue weighted by molar-refractivity contribution is 4.92. The van der Waals surface area contributed by atoms with Crippen LogP contribution in [0.3, 0.4) is 0 Å². The molecule has 0 heterocycles. The van der Waals surface area contributed by atoms with Gasteiger partial charge < -0.3 is 5.32 Å². The van der Waals surface area contributed by atoms with Crippen LogP contribution in [0.15, 0.2) is 12.2 Å². The van der Waals surface area contributed by atoms with E-state index in [1.165, 1.54) is 57.9 Å². The van der Waals surface area contributed by atoms with Gasteiger partial charge in [-0.05, 0) is 32.2 Å². The van der Waals surface area contributed by atoms with Gasteiger partial charge in [0.05, 0.1) is 0 Å². The third-order valence-electron chi connectivity index (χ3n) is 2.98. The summed E-state index contributed by atoms with van der Waals surface area (Å²) in [4.78, 5) is 0. The molecule has 0 radical (unpaired) electrons. The average molecular weight is 195 g/mol. The first-order chi connectivity index (χ1) is 6.93. The molecule has 1 nitrogen and oxygen atoms in total. The second kappa shape index (κ2) is 8.05. The van der Waals surface area contributed by atoms with Crippen LogP contribution < -0.4 is 5.32 Å². The van der Waals surface area contributed by atoms with Crippen molar-refractivity contribution in [3.8, 4) is 0 Å². The standard InChI is InChI=1S/C13H25N/c1-2-3-4-5-9-12-14-13-10-7-6-8-11-13/h6-7,13-14H,2-5,8-12H2,1H3. The molecule has 0 amide bonds. The third kappa shape index (κ3) is 5.43. The second-order valence-corrected chi connectivity index (χ2v) is 4.35. The lowest BCUT2D eigenvalue weighted by atomic mass is 10.0. The Morgan fingerprint density at radius 1 is 1.14 bits per heavy atom. The predicted octanol–water partition coefficient (Wildman–Crippen LogP) is 3.66. The molecule has 0 bridgehead atoms. The lowest BCUT2D eigenvalue weighted by molar-refractivity contribution is 0.461. The van der Waals surface area contributed by atoms with E-state index in [-0.39, 0.29) is 0 Å². The summed E-state index contributed by atoms with van der Waals surface area (Å²) < 4.78 is 0. The van der Waals surface area contributed by atoms with Gasteiger partial charge >= 0.3 is 0 Å². The summed E-state index contributed by atoms with van der Waals surface area (Å²) in [6.07, 6.45) is 15.4. The van der Waals surface area contributed by atoms with Gasteiger partial charge in [-0.15, -0.1) is 0 Å². The van der Waals surface area contributed by atoms with Gasteiger partial charge in [0.25, 0.3) is 0 Å². The number of rotatable bonds is 7. The summed E-state index contributed by atoms with van der Waals surface area (Å²) in [6.45, 7) is 3.49. The lowest BCUT2D eigenvalue weighted by Gasteiger charge is -2.19. The smallest absolute Gasteiger partial charge is 0.0104 e. The van der Waals surface area contributed by atoms with Crippen molar-refractivity contribution in [3.05, 3.63) is 12.2 Å². The van der Waals surface area contributed by atoms with Gasteiger partial charge in [-0.1, -0.05) is 44.8 Å². The molecule has 0 aliphatic heterocycles. The molecular weight excluding hydrogens is 170 g/mol. The van der Waals surface area contributed by atoms with Gasteiger partial charge in [0.15, 0.2) is 0 Å². The van der Waals surface area contributed by atoms with Crippen LogP contribution in [0.4, 0.5) is 0 Å². The normalized spacial score (nSPS) is 21.4. The summed E-state index contributed by atoms with van der Waals surface area (Å²) in [7, 11) is 0. The minimum Gasteiger partial charge on any atom is -0.314 e. The highest BCUT2D eigenvalue weighted by atomic mass is 14.9. The largest absolute Gasteiger partial charge is 0.314 e. The van der Waals surface area contributed by atoms with Crippen molar-refractivity contribution < 1.29 is 0 Å². The summed E-state index contributed by atoms with van der Waals surface area (Å²) >= 11 is 0. The van der Waals surface area contributed by atoms with Crippen molar-refractivity contribution in [2.45, 2.75) is 64.3 Å². The van der Waals surface area contributed by atoms with Crippen molar-refractivity contribution >= 4 is 0 Å². The Bertz CT molecular complexity index is 151. The minimum atomic E-state index is 0.770. The maximum absolute atomic E-state index is 3.65. The SMILES string of the molecule is CCCCCCCNC1CC=CCC1. The second-order valence-electron chi connectivity index (χ2n) is 4.35. The fraction of sp³-hybridized carbons (Fsp3) is 0.846. The zero-order valence-corrected chi connectivity index (χ0v) is 9.60. The molecule has 1 heteroatoms. The molecule has 82 valence electrons. The Labute approximate surface area is 89.0 Å². The highest BCUT2D eigenvalue weighted by Gasteiger charge is 2.07. The average Bonchev–Trinajstić information content (AvgIpc) is 2.25. The van der Waals surface area contributed by atoms with E-state index in [0.29, 0.717) is 0 Å². The molecule has 0 aromatic rings. The van der Waals surface area contributed by atoms with Gasteiger partial charge in [0.2, 0.25) is 0 Å². The van der Waals surface area contributed by atoms with E-state index < -0.39 is 0 Å². The van der Waals surface area contributed by atoms with E-state index in [0.717, 1.165) is 6.04 Å². The number of hydrogen-bond acceptors (Lipinski definition) is 1. The monoisotopic (exact) mass is 195 g/mol. The molecule has 14 heavy (non-hydrogen) atoms. The van der Waals surface area contributed by atoms with Crippen LogP contribution >= 0.6 is 0 Å². The minimum absolute atomic E-state index is 0.770. The first-order valence-corrected chi connectivity index (χ1v) is 6.32. The van der Waals surface area contributed by atoms with Gasteiger partial charge in [0, 0.05) is 6.04 Å². The van der Waals surface area contributed by atoms with Gasteiger partial charge in [0.1, 0.15) is 0 Å². The quantitative estimate of drug-likeness (QED) is 0.483.